The molecule has 4 atom stereocenters. The molecule has 0 aromatic carbocycles. The van der Waals surface area contributed by atoms with Crippen LogP contribution in [0.25, 0.3) is 0 Å². The fourth-order valence-electron chi connectivity index (χ4n) is 2.82. The number of carbonyl (C=O) groups excluding carboxylic acids is 1. The van der Waals surface area contributed by atoms with Crippen LogP contribution in [0.1, 0.15) is 20.3 Å². The van der Waals surface area contributed by atoms with Crippen LogP contribution < -0.4 is 5.32 Å². The molecule has 2 aliphatic heterocycles. The molecule has 0 aromatic heterocycles. The normalized spacial score (nSPS) is 33.6. The molecule has 0 radical (unpaired) electrons. The number of carbonyl (C=O) groups is 2. The zero-order chi connectivity index (χ0) is 14.7. The lowest BCUT2D eigenvalue weighted by molar-refractivity contribution is -0.151. The first-order chi connectivity index (χ1) is 9.60. The van der Waals surface area contributed by atoms with Crippen LogP contribution in [-0.4, -0.2) is 64.9 Å². The highest BCUT2D eigenvalue weighted by molar-refractivity contribution is 8.00. The van der Waals surface area contributed by atoms with E-state index in [4.69, 9.17) is 4.74 Å². The first-order valence-corrected chi connectivity index (χ1v) is 8.12. The van der Waals surface area contributed by atoms with Gasteiger partial charge >= 0.3 is 5.97 Å². The Labute approximate surface area is 123 Å². The van der Waals surface area contributed by atoms with E-state index >= 15 is 0 Å². The number of aliphatic carboxylic acids is 1. The van der Waals surface area contributed by atoms with Gasteiger partial charge in [-0.1, -0.05) is 13.8 Å². The summed E-state index contributed by atoms with van der Waals surface area (Å²) in [5.74, 6) is -0.804. The van der Waals surface area contributed by atoms with Gasteiger partial charge in [0, 0.05) is 11.8 Å². The van der Waals surface area contributed by atoms with Gasteiger partial charge in [0.05, 0.1) is 24.5 Å². The molecular formula is C13H22N2O4S. The van der Waals surface area contributed by atoms with Crippen LogP contribution in [0.5, 0.6) is 0 Å². The molecule has 4 unspecified atom stereocenters. The van der Waals surface area contributed by atoms with Crippen molar-refractivity contribution in [3.05, 3.63) is 0 Å². The highest BCUT2D eigenvalue weighted by atomic mass is 32.2. The van der Waals surface area contributed by atoms with Gasteiger partial charge in [0.25, 0.3) is 0 Å². The van der Waals surface area contributed by atoms with Gasteiger partial charge in [0.2, 0.25) is 5.91 Å². The highest BCUT2D eigenvalue weighted by Gasteiger charge is 2.45. The van der Waals surface area contributed by atoms with Crippen LogP contribution in [0, 0.1) is 5.92 Å². The van der Waals surface area contributed by atoms with Gasteiger partial charge in [0.15, 0.2) is 0 Å². The molecule has 2 rings (SSSR count). The molecule has 0 saturated carbocycles. The van der Waals surface area contributed by atoms with Crippen molar-refractivity contribution in [1.82, 2.24) is 10.2 Å². The SMILES string of the molecule is CCNC1COCC1C(=O)N1C(CC)SCC1C(=O)O. The Hall–Kier alpha value is -0.790. The van der Waals surface area contributed by atoms with E-state index in [2.05, 4.69) is 5.32 Å². The standard InChI is InChI=1S/C13H22N2O4S/c1-3-11-15(10(7-20-11)13(17)18)12(16)8-5-19-6-9(8)14-4-2/h8-11,14H,3-7H2,1-2H3,(H,17,18). The van der Waals surface area contributed by atoms with Crippen LogP contribution in [0.15, 0.2) is 0 Å². The molecule has 7 heteroatoms. The summed E-state index contributed by atoms with van der Waals surface area (Å²) in [5, 5.41) is 12.5. The second kappa shape index (κ2) is 6.78. The van der Waals surface area contributed by atoms with Crippen molar-refractivity contribution >= 4 is 23.6 Å². The first kappa shape index (κ1) is 15.6. The van der Waals surface area contributed by atoms with E-state index < -0.39 is 12.0 Å². The number of rotatable bonds is 5. The second-order valence-electron chi connectivity index (χ2n) is 5.10. The van der Waals surface area contributed by atoms with Gasteiger partial charge < -0.3 is 20.1 Å². The fraction of sp³-hybridized carbons (Fsp3) is 0.846. The van der Waals surface area contributed by atoms with Crippen LogP contribution in [0.2, 0.25) is 0 Å². The van der Waals surface area contributed by atoms with Crippen LogP contribution in [0.3, 0.4) is 0 Å². The highest BCUT2D eigenvalue weighted by Crippen LogP contribution is 2.33. The molecular weight excluding hydrogens is 280 g/mol. The van der Waals surface area contributed by atoms with Crippen molar-refractivity contribution in [2.75, 3.05) is 25.5 Å². The smallest absolute Gasteiger partial charge is 0.327 e. The quantitative estimate of drug-likeness (QED) is 0.764. The Bertz CT molecular complexity index is 379. The van der Waals surface area contributed by atoms with Gasteiger partial charge in [-0.05, 0) is 13.0 Å². The van der Waals surface area contributed by atoms with Crippen molar-refractivity contribution in [2.45, 2.75) is 37.7 Å². The third kappa shape index (κ3) is 2.94. The predicted octanol–water partition coefficient (Wildman–Crippen LogP) is 0.376. The first-order valence-electron chi connectivity index (χ1n) is 7.07. The molecule has 0 spiro atoms. The van der Waals surface area contributed by atoms with E-state index in [1.54, 1.807) is 16.7 Å². The van der Waals surface area contributed by atoms with Gasteiger partial charge in [0.1, 0.15) is 6.04 Å². The maximum Gasteiger partial charge on any atom is 0.327 e. The van der Waals surface area contributed by atoms with Gasteiger partial charge in [-0.25, -0.2) is 4.79 Å². The summed E-state index contributed by atoms with van der Waals surface area (Å²) in [5.41, 5.74) is 0. The Morgan fingerprint density at radius 2 is 2.15 bits per heavy atom. The van der Waals surface area contributed by atoms with Crippen molar-refractivity contribution < 1.29 is 19.4 Å². The topological polar surface area (TPSA) is 78.9 Å². The van der Waals surface area contributed by atoms with Crippen LogP contribution in [-0.2, 0) is 14.3 Å². The Kier molecular flexibility index (Phi) is 5.29. The number of nitrogens with zero attached hydrogens (tertiary/aromatic N) is 1. The minimum Gasteiger partial charge on any atom is -0.480 e. The number of nitrogens with one attached hydrogen (secondary N) is 1. The molecule has 2 aliphatic rings. The van der Waals surface area contributed by atoms with E-state index in [1.165, 1.54) is 0 Å². The van der Waals surface area contributed by atoms with Gasteiger partial charge in [-0.15, -0.1) is 11.8 Å². The molecule has 1 amide bonds. The number of carboxylic acid groups (broad SMARTS) is 1. The number of amides is 1. The van der Waals surface area contributed by atoms with Gasteiger partial charge in [-0.2, -0.15) is 0 Å². The number of thioether (sulfide) groups is 1. The maximum absolute atomic E-state index is 12.7. The second-order valence-corrected chi connectivity index (χ2v) is 6.31. The largest absolute Gasteiger partial charge is 0.480 e. The summed E-state index contributed by atoms with van der Waals surface area (Å²) in [6.45, 7) is 5.63. The van der Waals surface area contributed by atoms with Crippen molar-refractivity contribution in [1.29, 1.82) is 0 Å². The Morgan fingerprint density at radius 1 is 1.40 bits per heavy atom. The minimum atomic E-state index is -0.916. The number of ether oxygens (including phenoxy) is 1. The molecule has 2 heterocycles. The van der Waals surface area contributed by atoms with Crippen molar-refractivity contribution in [2.24, 2.45) is 5.92 Å². The van der Waals surface area contributed by atoms with Crippen molar-refractivity contribution in [3.63, 3.8) is 0 Å². The summed E-state index contributed by atoms with van der Waals surface area (Å²) in [4.78, 5) is 25.7. The van der Waals surface area contributed by atoms with E-state index in [-0.39, 0.29) is 23.2 Å². The molecule has 0 aliphatic carbocycles. The monoisotopic (exact) mass is 302 g/mol. The van der Waals surface area contributed by atoms with E-state index in [9.17, 15) is 14.7 Å². The van der Waals surface area contributed by atoms with Crippen LogP contribution in [0.4, 0.5) is 0 Å². The maximum atomic E-state index is 12.7. The molecule has 20 heavy (non-hydrogen) atoms. The third-order valence-electron chi connectivity index (χ3n) is 3.85. The molecule has 2 saturated heterocycles. The summed E-state index contributed by atoms with van der Waals surface area (Å²) in [7, 11) is 0. The minimum absolute atomic E-state index is 0.00921. The number of likely N-dealkylation sites (N-methyl/N-ethyl adjacent to an activating group) is 1. The lowest BCUT2D eigenvalue weighted by Crippen LogP contribution is -2.52. The average Bonchev–Trinajstić information content (AvgIpc) is 3.04. The van der Waals surface area contributed by atoms with Crippen molar-refractivity contribution in [3.8, 4) is 0 Å². The molecule has 2 N–H and O–H groups in total. The number of hydrogen-bond acceptors (Lipinski definition) is 5. The van der Waals surface area contributed by atoms with E-state index in [1.807, 2.05) is 13.8 Å². The zero-order valence-electron chi connectivity index (χ0n) is 11.9. The Balaban J connectivity index is 2.14. The summed E-state index contributed by atoms with van der Waals surface area (Å²) in [6.07, 6.45) is 0.764. The summed E-state index contributed by atoms with van der Waals surface area (Å²) >= 11 is 1.55. The molecule has 0 bridgehead atoms. The van der Waals surface area contributed by atoms with Crippen LogP contribution >= 0.6 is 11.8 Å². The third-order valence-corrected chi connectivity index (χ3v) is 5.30. The lowest BCUT2D eigenvalue weighted by atomic mass is 10.0. The fourth-order valence-corrected chi connectivity index (χ4v) is 4.17. The number of carboxylic acids is 1. The Morgan fingerprint density at radius 3 is 2.75 bits per heavy atom. The van der Waals surface area contributed by atoms with Gasteiger partial charge in [-0.3, -0.25) is 4.79 Å². The molecule has 6 nitrogen and oxygen atoms in total. The summed E-state index contributed by atoms with van der Waals surface area (Å²) in [6, 6.07) is -0.717. The zero-order valence-corrected chi connectivity index (χ0v) is 12.7. The van der Waals surface area contributed by atoms with E-state index in [0.29, 0.717) is 19.0 Å². The average molecular weight is 302 g/mol. The molecule has 114 valence electrons. The van der Waals surface area contributed by atoms with E-state index in [0.717, 1.165) is 13.0 Å². The molecule has 2 fully saturated rings. The number of hydrogen-bond donors (Lipinski definition) is 2. The predicted molar refractivity (Wildman–Crippen MR) is 76.6 cm³/mol. The summed E-state index contributed by atoms with van der Waals surface area (Å²) < 4.78 is 5.40. The molecule has 0 aromatic rings. The lowest BCUT2D eigenvalue weighted by Gasteiger charge is -2.30.